The highest BCUT2D eigenvalue weighted by Crippen LogP contribution is 2.28. The van der Waals surface area contributed by atoms with E-state index in [0.717, 1.165) is 16.9 Å². The standard InChI is InChI=1S/C15H21F3N6/c1-10-20-13(12-8-19-23(3)14(12)21-10)22(2)11-4-6-24(7-5-11)9-15(16,17)18/h8,11H,4-7,9H2,1-3H3. The van der Waals surface area contributed by atoms with Crippen LogP contribution >= 0.6 is 0 Å². The van der Waals surface area contributed by atoms with Crippen LogP contribution in [0, 0.1) is 6.92 Å². The first kappa shape index (κ1) is 16.9. The predicted octanol–water partition coefficient (Wildman–Crippen LogP) is 2.13. The third-order valence-electron chi connectivity index (χ3n) is 4.53. The summed E-state index contributed by atoms with van der Waals surface area (Å²) in [5.41, 5.74) is 0.763. The zero-order chi connectivity index (χ0) is 17.5. The Bertz CT molecular complexity index is 718. The summed E-state index contributed by atoms with van der Waals surface area (Å²) in [6.07, 6.45) is -1.04. The average Bonchev–Trinajstić information content (AvgIpc) is 2.86. The number of likely N-dealkylation sites (tertiary alicyclic amines) is 1. The molecule has 0 radical (unpaired) electrons. The SMILES string of the molecule is Cc1nc(N(C)C2CCN(CC(F)(F)F)CC2)c2cnn(C)c2n1. The first-order chi connectivity index (χ1) is 11.2. The number of alkyl halides is 3. The largest absolute Gasteiger partial charge is 0.401 e. The molecule has 2 aromatic rings. The van der Waals surface area contributed by atoms with Gasteiger partial charge in [-0.2, -0.15) is 18.3 Å². The molecule has 0 aromatic carbocycles. The molecule has 3 rings (SSSR count). The number of aryl methyl sites for hydroxylation is 2. The van der Waals surface area contributed by atoms with Crippen molar-refractivity contribution in [2.75, 3.05) is 31.6 Å². The highest BCUT2D eigenvalue weighted by atomic mass is 19.4. The van der Waals surface area contributed by atoms with Gasteiger partial charge in [0, 0.05) is 33.2 Å². The van der Waals surface area contributed by atoms with Gasteiger partial charge in [0.1, 0.15) is 11.6 Å². The van der Waals surface area contributed by atoms with Crippen molar-refractivity contribution >= 4 is 16.9 Å². The van der Waals surface area contributed by atoms with E-state index in [1.54, 1.807) is 10.9 Å². The number of hydrogen-bond donors (Lipinski definition) is 0. The number of rotatable bonds is 3. The molecule has 1 aliphatic rings. The maximum absolute atomic E-state index is 12.5. The van der Waals surface area contributed by atoms with E-state index in [2.05, 4.69) is 20.0 Å². The normalized spacial score (nSPS) is 17.6. The van der Waals surface area contributed by atoms with Crippen LogP contribution in [0.4, 0.5) is 19.0 Å². The minimum Gasteiger partial charge on any atom is -0.356 e. The fourth-order valence-electron chi connectivity index (χ4n) is 3.27. The predicted molar refractivity (Wildman–Crippen MR) is 85.0 cm³/mol. The van der Waals surface area contributed by atoms with Gasteiger partial charge in [-0.1, -0.05) is 0 Å². The van der Waals surface area contributed by atoms with E-state index in [1.165, 1.54) is 4.90 Å². The van der Waals surface area contributed by atoms with E-state index < -0.39 is 12.7 Å². The Morgan fingerprint density at radius 3 is 2.54 bits per heavy atom. The smallest absolute Gasteiger partial charge is 0.356 e. The highest BCUT2D eigenvalue weighted by Gasteiger charge is 2.33. The van der Waals surface area contributed by atoms with Gasteiger partial charge in [-0.25, -0.2) is 9.97 Å². The minimum atomic E-state index is -4.13. The van der Waals surface area contributed by atoms with Gasteiger partial charge in [0.15, 0.2) is 5.65 Å². The van der Waals surface area contributed by atoms with Gasteiger partial charge in [0.05, 0.1) is 18.1 Å². The Morgan fingerprint density at radius 1 is 1.25 bits per heavy atom. The van der Waals surface area contributed by atoms with Crippen LogP contribution in [0.15, 0.2) is 6.20 Å². The summed E-state index contributed by atoms with van der Waals surface area (Å²) in [6.45, 7) is 1.88. The molecule has 9 heteroatoms. The molecular formula is C15H21F3N6. The lowest BCUT2D eigenvalue weighted by atomic mass is 10.0. The Morgan fingerprint density at radius 2 is 1.92 bits per heavy atom. The van der Waals surface area contributed by atoms with Crippen molar-refractivity contribution in [2.24, 2.45) is 7.05 Å². The molecule has 0 bridgehead atoms. The molecule has 0 atom stereocenters. The van der Waals surface area contributed by atoms with Crippen LogP contribution < -0.4 is 4.90 Å². The van der Waals surface area contributed by atoms with Crippen LogP contribution in [0.3, 0.4) is 0 Å². The summed E-state index contributed by atoms with van der Waals surface area (Å²) < 4.78 is 39.2. The number of nitrogens with zero attached hydrogens (tertiary/aromatic N) is 6. The van der Waals surface area contributed by atoms with Gasteiger partial charge in [-0.3, -0.25) is 9.58 Å². The summed E-state index contributed by atoms with van der Waals surface area (Å²) in [7, 11) is 3.77. The first-order valence-electron chi connectivity index (χ1n) is 7.93. The lowest BCUT2D eigenvalue weighted by Gasteiger charge is -2.37. The second-order valence-electron chi connectivity index (χ2n) is 6.33. The molecule has 2 aromatic heterocycles. The first-order valence-corrected chi connectivity index (χ1v) is 7.93. The summed E-state index contributed by atoms with van der Waals surface area (Å²) in [4.78, 5) is 12.5. The summed E-state index contributed by atoms with van der Waals surface area (Å²) in [6, 6.07) is 0.159. The van der Waals surface area contributed by atoms with Crippen molar-refractivity contribution in [3.8, 4) is 0 Å². The number of piperidine rings is 1. The quantitative estimate of drug-likeness (QED) is 0.855. The third-order valence-corrected chi connectivity index (χ3v) is 4.53. The van der Waals surface area contributed by atoms with Crippen LogP contribution in [-0.2, 0) is 7.05 Å². The van der Waals surface area contributed by atoms with Crippen LogP contribution in [0.2, 0.25) is 0 Å². The fraction of sp³-hybridized carbons (Fsp3) is 0.667. The van der Waals surface area contributed by atoms with Crippen molar-refractivity contribution in [1.82, 2.24) is 24.6 Å². The summed E-state index contributed by atoms with van der Waals surface area (Å²) >= 11 is 0. The molecule has 0 saturated carbocycles. The molecule has 0 unspecified atom stereocenters. The third kappa shape index (κ3) is 3.45. The number of hydrogen-bond acceptors (Lipinski definition) is 5. The van der Waals surface area contributed by atoms with Gasteiger partial charge in [0.25, 0.3) is 0 Å². The number of aromatic nitrogens is 4. The van der Waals surface area contributed by atoms with Crippen LogP contribution in [-0.4, -0.2) is 63.5 Å². The molecule has 1 saturated heterocycles. The molecule has 0 spiro atoms. The Balaban J connectivity index is 1.75. The van der Waals surface area contributed by atoms with Crippen molar-refractivity contribution in [3.63, 3.8) is 0 Å². The van der Waals surface area contributed by atoms with Gasteiger partial charge in [-0.15, -0.1) is 0 Å². The lowest BCUT2D eigenvalue weighted by molar-refractivity contribution is -0.147. The molecule has 132 valence electrons. The van der Waals surface area contributed by atoms with E-state index in [-0.39, 0.29) is 6.04 Å². The second-order valence-corrected chi connectivity index (χ2v) is 6.33. The van der Waals surface area contributed by atoms with Gasteiger partial charge in [0.2, 0.25) is 0 Å². The topological polar surface area (TPSA) is 50.1 Å². The maximum Gasteiger partial charge on any atom is 0.401 e. The van der Waals surface area contributed by atoms with Gasteiger partial charge < -0.3 is 4.90 Å². The number of anilines is 1. The fourth-order valence-corrected chi connectivity index (χ4v) is 3.27. The van der Waals surface area contributed by atoms with E-state index in [9.17, 15) is 13.2 Å². The zero-order valence-electron chi connectivity index (χ0n) is 14.0. The van der Waals surface area contributed by atoms with Crippen LogP contribution in [0.5, 0.6) is 0 Å². The molecular weight excluding hydrogens is 321 g/mol. The lowest BCUT2D eigenvalue weighted by Crippen LogP contribution is -2.46. The molecule has 3 heterocycles. The van der Waals surface area contributed by atoms with E-state index in [0.29, 0.717) is 31.8 Å². The molecule has 6 nitrogen and oxygen atoms in total. The summed E-state index contributed by atoms with van der Waals surface area (Å²) in [5.74, 6) is 1.45. The second kappa shape index (κ2) is 6.19. The van der Waals surface area contributed by atoms with Crippen LogP contribution in [0.1, 0.15) is 18.7 Å². The van der Waals surface area contributed by atoms with Crippen molar-refractivity contribution in [3.05, 3.63) is 12.0 Å². The molecule has 1 aliphatic heterocycles. The number of halogens is 3. The molecule has 1 fully saturated rings. The Hall–Kier alpha value is -1.90. The van der Waals surface area contributed by atoms with E-state index >= 15 is 0 Å². The maximum atomic E-state index is 12.5. The molecule has 24 heavy (non-hydrogen) atoms. The zero-order valence-corrected chi connectivity index (χ0v) is 14.0. The van der Waals surface area contributed by atoms with E-state index in [1.807, 2.05) is 21.0 Å². The Kier molecular flexibility index (Phi) is 4.37. The number of fused-ring (bicyclic) bond motifs is 1. The molecule has 0 aliphatic carbocycles. The average molecular weight is 342 g/mol. The van der Waals surface area contributed by atoms with Crippen molar-refractivity contribution < 1.29 is 13.2 Å². The van der Waals surface area contributed by atoms with E-state index in [4.69, 9.17) is 0 Å². The summed E-state index contributed by atoms with van der Waals surface area (Å²) in [5, 5.41) is 5.10. The molecule has 0 amide bonds. The monoisotopic (exact) mass is 342 g/mol. The van der Waals surface area contributed by atoms with Crippen molar-refractivity contribution in [1.29, 1.82) is 0 Å². The molecule has 0 N–H and O–H groups in total. The van der Waals surface area contributed by atoms with Crippen molar-refractivity contribution in [2.45, 2.75) is 32.0 Å². The Labute approximate surface area is 138 Å². The van der Waals surface area contributed by atoms with Gasteiger partial charge >= 0.3 is 6.18 Å². The van der Waals surface area contributed by atoms with Gasteiger partial charge in [-0.05, 0) is 19.8 Å². The highest BCUT2D eigenvalue weighted by molar-refractivity contribution is 5.87. The minimum absolute atomic E-state index is 0.159. The van der Waals surface area contributed by atoms with Crippen LogP contribution in [0.25, 0.3) is 11.0 Å².